The molecular weight excluding hydrogens is 246 g/mol. The predicted octanol–water partition coefficient (Wildman–Crippen LogP) is 3.04. The van der Waals surface area contributed by atoms with E-state index >= 15 is 0 Å². The Kier molecular flexibility index (Phi) is 3.82. The molecule has 5 heteroatoms. The van der Waals surface area contributed by atoms with Crippen LogP contribution in [0.2, 0.25) is 0 Å². The third-order valence-electron chi connectivity index (χ3n) is 2.56. The standard InChI is InChI=1S/C13H19N3OS/c1-9-7-18-8-10(9)12-15-11(17-16-12)5-6-14-13(2,3)4/h7-8,14H,5-6H2,1-4H3. The van der Waals surface area contributed by atoms with Crippen molar-refractivity contribution in [1.29, 1.82) is 0 Å². The molecule has 0 atom stereocenters. The largest absolute Gasteiger partial charge is 0.339 e. The molecule has 0 aromatic carbocycles. The molecule has 18 heavy (non-hydrogen) atoms. The lowest BCUT2D eigenvalue weighted by molar-refractivity contribution is 0.362. The molecule has 2 rings (SSSR count). The molecule has 0 bridgehead atoms. The fraction of sp³-hybridized carbons (Fsp3) is 0.538. The van der Waals surface area contributed by atoms with Crippen molar-refractivity contribution >= 4 is 11.3 Å². The fourth-order valence-electron chi connectivity index (χ4n) is 1.60. The molecule has 2 aromatic heterocycles. The Morgan fingerprint density at radius 3 is 2.72 bits per heavy atom. The van der Waals surface area contributed by atoms with Gasteiger partial charge in [0.2, 0.25) is 11.7 Å². The van der Waals surface area contributed by atoms with Gasteiger partial charge in [-0.15, -0.1) is 0 Å². The van der Waals surface area contributed by atoms with Crippen molar-refractivity contribution < 1.29 is 4.52 Å². The summed E-state index contributed by atoms with van der Waals surface area (Å²) in [5.41, 5.74) is 2.38. The lowest BCUT2D eigenvalue weighted by atomic mass is 10.1. The smallest absolute Gasteiger partial charge is 0.228 e. The van der Waals surface area contributed by atoms with Crippen LogP contribution in [0.25, 0.3) is 11.4 Å². The van der Waals surface area contributed by atoms with E-state index in [1.54, 1.807) is 11.3 Å². The second-order valence-corrected chi connectivity index (χ2v) is 6.15. The van der Waals surface area contributed by atoms with Crippen LogP contribution in [0.4, 0.5) is 0 Å². The lowest BCUT2D eigenvalue weighted by Crippen LogP contribution is -2.37. The Balaban J connectivity index is 1.97. The van der Waals surface area contributed by atoms with Gasteiger partial charge in [-0.2, -0.15) is 16.3 Å². The van der Waals surface area contributed by atoms with Gasteiger partial charge in [0.1, 0.15) is 0 Å². The van der Waals surface area contributed by atoms with E-state index in [1.807, 2.05) is 0 Å². The maximum absolute atomic E-state index is 5.26. The van der Waals surface area contributed by atoms with Crippen LogP contribution in [0, 0.1) is 6.92 Å². The monoisotopic (exact) mass is 265 g/mol. The molecular formula is C13H19N3OS. The first kappa shape index (κ1) is 13.2. The van der Waals surface area contributed by atoms with E-state index in [1.165, 1.54) is 5.56 Å². The Hall–Kier alpha value is -1.20. The van der Waals surface area contributed by atoms with Crippen LogP contribution in [0.5, 0.6) is 0 Å². The first-order valence-electron chi connectivity index (χ1n) is 6.06. The van der Waals surface area contributed by atoms with Gasteiger partial charge in [0.25, 0.3) is 0 Å². The second kappa shape index (κ2) is 5.20. The molecule has 1 N–H and O–H groups in total. The molecule has 0 aliphatic rings. The molecule has 0 aliphatic carbocycles. The van der Waals surface area contributed by atoms with Gasteiger partial charge in [0.05, 0.1) is 0 Å². The molecule has 2 aromatic rings. The molecule has 0 unspecified atom stereocenters. The number of thiophene rings is 1. The first-order chi connectivity index (χ1) is 8.46. The average Bonchev–Trinajstić information content (AvgIpc) is 2.84. The van der Waals surface area contributed by atoms with Gasteiger partial charge in [0, 0.05) is 29.4 Å². The lowest BCUT2D eigenvalue weighted by Gasteiger charge is -2.19. The molecule has 0 spiro atoms. The van der Waals surface area contributed by atoms with Gasteiger partial charge in [-0.25, -0.2) is 0 Å². The normalized spacial score (nSPS) is 12.0. The SMILES string of the molecule is Cc1cscc1-c1noc(CCNC(C)(C)C)n1. The molecule has 4 nitrogen and oxygen atoms in total. The van der Waals surface area contributed by atoms with Crippen LogP contribution < -0.4 is 5.32 Å². The first-order valence-corrected chi connectivity index (χ1v) is 7.01. The number of aromatic nitrogens is 2. The minimum atomic E-state index is 0.118. The zero-order chi connectivity index (χ0) is 13.2. The minimum Gasteiger partial charge on any atom is -0.339 e. The highest BCUT2D eigenvalue weighted by molar-refractivity contribution is 7.08. The van der Waals surface area contributed by atoms with Crippen LogP contribution in [-0.4, -0.2) is 22.2 Å². The molecule has 0 aliphatic heterocycles. The number of hydrogen-bond acceptors (Lipinski definition) is 5. The number of hydrogen-bond donors (Lipinski definition) is 1. The van der Waals surface area contributed by atoms with E-state index in [0.717, 1.165) is 18.5 Å². The Bertz CT molecular complexity index is 510. The quantitative estimate of drug-likeness (QED) is 0.923. The van der Waals surface area contributed by atoms with Crippen LogP contribution >= 0.6 is 11.3 Å². The summed E-state index contributed by atoms with van der Waals surface area (Å²) < 4.78 is 5.26. The summed E-state index contributed by atoms with van der Waals surface area (Å²) in [7, 11) is 0. The van der Waals surface area contributed by atoms with Crippen molar-refractivity contribution in [2.75, 3.05) is 6.54 Å². The molecule has 0 saturated carbocycles. The zero-order valence-corrected chi connectivity index (χ0v) is 12.1. The number of aryl methyl sites for hydroxylation is 1. The van der Waals surface area contributed by atoms with Gasteiger partial charge in [0.15, 0.2) is 0 Å². The van der Waals surface area contributed by atoms with E-state index in [9.17, 15) is 0 Å². The number of nitrogens with one attached hydrogen (secondary N) is 1. The Morgan fingerprint density at radius 1 is 1.33 bits per heavy atom. The van der Waals surface area contributed by atoms with Crippen LogP contribution in [0.3, 0.4) is 0 Å². The molecule has 0 saturated heterocycles. The predicted molar refractivity (Wildman–Crippen MR) is 73.8 cm³/mol. The number of rotatable bonds is 4. The van der Waals surface area contributed by atoms with Crippen molar-refractivity contribution in [3.8, 4) is 11.4 Å². The maximum atomic E-state index is 5.26. The summed E-state index contributed by atoms with van der Waals surface area (Å²) in [4.78, 5) is 4.42. The Morgan fingerprint density at radius 2 is 2.11 bits per heavy atom. The highest BCUT2D eigenvalue weighted by Gasteiger charge is 2.13. The fourth-order valence-corrected chi connectivity index (χ4v) is 2.43. The van der Waals surface area contributed by atoms with E-state index < -0.39 is 0 Å². The molecule has 0 amide bonds. The van der Waals surface area contributed by atoms with E-state index in [2.05, 4.69) is 53.9 Å². The third-order valence-corrected chi connectivity index (χ3v) is 3.42. The summed E-state index contributed by atoms with van der Waals surface area (Å²) in [6, 6.07) is 0. The number of nitrogens with zero attached hydrogens (tertiary/aromatic N) is 2. The molecule has 2 heterocycles. The Labute approximate surface area is 111 Å². The third kappa shape index (κ3) is 3.40. The second-order valence-electron chi connectivity index (χ2n) is 5.41. The van der Waals surface area contributed by atoms with Gasteiger partial charge in [-0.05, 0) is 38.6 Å². The minimum absolute atomic E-state index is 0.118. The summed E-state index contributed by atoms with van der Waals surface area (Å²) in [5.74, 6) is 1.38. The van der Waals surface area contributed by atoms with Crippen molar-refractivity contribution in [3.63, 3.8) is 0 Å². The van der Waals surface area contributed by atoms with Gasteiger partial charge < -0.3 is 9.84 Å². The van der Waals surface area contributed by atoms with Gasteiger partial charge >= 0.3 is 0 Å². The average molecular weight is 265 g/mol. The van der Waals surface area contributed by atoms with E-state index in [0.29, 0.717) is 11.7 Å². The van der Waals surface area contributed by atoms with Crippen molar-refractivity contribution in [1.82, 2.24) is 15.5 Å². The van der Waals surface area contributed by atoms with E-state index in [4.69, 9.17) is 4.52 Å². The van der Waals surface area contributed by atoms with Gasteiger partial charge in [-0.1, -0.05) is 5.16 Å². The summed E-state index contributed by atoms with van der Waals surface area (Å²) in [5, 5.41) is 11.6. The molecule has 0 radical (unpaired) electrons. The summed E-state index contributed by atoms with van der Waals surface area (Å²) in [6.07, 6.45) is 0.757. The zero-order valence-electron chi connectivity index (χ0n) is 11.3. The highest BCUT2D eigenvalue weighted by Crippen LogP contribution is 2.24. The van der Waals surface area contributed by atoms with Crippen molar-refractivity contribution in [2.24, 2.45) is 0 Å². The van der Waals surface area contributed by atoms with Gasteiger partial charge in [-0.3, -0.25) is 0 Å². The maximum Gasteiger partial charge on any atom is 0.228 e. The van der Waals surface area contributed by atoms with Crippen LogP contribution in [0.15, 0.2) is 15.3 Å². The highest BCUT2D eigenvalue weighted by atomic mass is 32.1. The van der Waals surface area contributed by atoms with Crippen molar-refractivity contribution in [2.45, 2.75) is 39.7 Å². The van der Waals surface area contributed by atoms with Crippen LogP contribution in [0.1, 0.15) is 32.2 Å². The molecule has 98 valence electrons. The summed E-state index contributed by atoms with van der Waals surface area (Å²) in [6.45, 7) is 9.32. The van der Waals surface area contributed by atoms with Crippen molar-refractivity contribution in [3.05, 3.63) is 22.2 Å². The topological polar surface area (TPSA) is 51.0 Å². The molecule has 0 fully saturated rings. The summed E-state index contributed by atoms with van der Waals surface area (Å²) >= 11 is 1.66. The van der Waals surface area contributed by atoms with E-state index in [-0.39, 0.29) is 5.54 Å². The van der Waals surface area contributed by atoms with Crippen LogP contribution in [-0.2, 0) is 6.42 Å².